The van der Waals surface area contributed by atoms with Crippen molar-refractivity contribution in [2.45, 2.75) is 26.3 Å². The van der Waals surface area contributed by atoms with E-state index in [1.54, 1.807) is 6.07 Å². The van der Waals surface area contributed by atoms with E-state index in [0.717, 1.165) is 30.9 Å². The number of rotatable bonds is 6. The predicted octanol–water partition coefficient (Wildman–Crippen LogP) is 2.88. The molecule has 7 heteroatoms. The van der Waals surface area contributed by atoms with Gasteiger partial charge in [-0.25, -0.2) is 0 Å². The van der Waals surface area contributed by atoms with Crippen LogP contribution in [0, 0.1) is 0 Å². The molecule has 28 heavy (non-hydrogen) atoms. The van der Waals surface area contributed by atoms with Crippen LogP contribution in [-0.4, -0.2) is 52.9 Å². The number of hydrogen-bond acceptors (Lipinski definition) is 5. The van der Waals surface area contributed by atoms with Gasteiger partial charge in [0.15, 0.2) is 5.69 Å². The lowest BCUT2D eigenvalue weighted by atomic mass is 10.1. The van der Waals surface area contributed by atoms with Crippen molar-refractivity contribution < 1.29 is 14.1 Å². The molecule has 1 aromatic heterocycles. The maximum absolute atomic E-state index is 12.4. The second-order valence-electron chi connectivity index (χ2n) is 7.23. The monoisotopic (exact) mass is 382 g/mol. The minimum absolute atomic E-state index is 0.0159. The van der Waals surface area contributed by atoms with E-state index in [9.17, 15) is 9.59 Å². The molecule has 3 rings (SSSR count). The third-order valence-corrected chi connectivity index (χ3v) is 4.78. The Kier molecular flexibility index (Phi) is 6.26. The molecule has 1 fully saturated rings. The molecule has 0 saturated carbocycles. The van der Waals surface area contributed by atoms with Crippen LogP contribution in [0.1, 0.15) is 41.6 Å². The van der Waals surface area contributed by atoms with Crippen LogP contribution in [0.2, 0.25) is 0 Å². The van der Waals surface area contributed by atoms with Gasteiger partial charge in [0, 0.05) is 50.4 Å². The van der Waals surface area contributed by atoms with Crippen LogP contribution in [-0.2, 0) is 11.3 Å². The van der Waals surface area contributed by atoms with Gasteiger partial charge in [-0.3, -0.25) is 14.5 Å². The highest BCUT2D eigenvalue weighted by Crippen LogP contribution is 2.18. The van der Waals surface area contributed by atoms with Gasteiger partial charge in [-0.15, -0.1) is 0 Å². The number of aromatic nitrogens is 1. The predicted molar refractivity (Wildman–Crippen MR) is 107 cm³/mol. The smallest absolute Gasteiger partial charge is 0.277 e. The first-order valence-electron chi connectivity index (χ1n) is 9.47. The number of amides is 2. The Morgan fingerprint density at radius 3 is 2.64 bits per heavy atom. The van der Waals surface area contributed by atoms with E-state index in [1.165, 1.54) is 6.08 Å². The van der Waals surface area contributed by atoms with E-state index >= 15 is 0 Å². The Balaban J connectivity index is 1.57. The Labute approximate surface area is 165 Å². The standard InChI is InChI=1S/C21H26N4O3/c1-4-20(26)25-10-8-24(9-11-25)14-16-6-5-7-17(12-16)22-21(27)18-13-19(15(2)3)28-23-18/h4-7,12-13,15H,1,8-11,14H2,2-3H3,(H,22,27). The van der Waals surface area contributed by atoms with Gasteiger partial charge in [-0.05, 0) is 23.8 Å². The van der Waals surface area contributed by atoms with Crippen molar-refractivity contribution in [2.75, 3.05) is 31.5 Å². The van der Waals surface area contributed by atoms with Gasteiger partial charge in [-0.2, -0.15) is 0 Å². The fourth-order valence-electron chi connectivity index (χ4n) is 3.12. The Morgan fingerprint density at radius 1 is 1.25 bits per heavy atom. The lowest BCUT2D eigenvalue weighted by Crippen LogP contribution is -2.47. The fourth-order valence-corrected chi connectivity index (χ4v) is 3.12. The molecule has 2 amide bonds. The number of nitrogens with zero attached hydrogens (tertiary/aromatic N) is 3. The zero-order valence-corrected chi connectivity index (χ0v) is 16.4. The van der Waals surface area contributed by atoms with Crippen LogP contribution in [0.25, 0.3) is 0 Å². The first-order chi connectivity index (χ1) is 13.5. The molecule has 7 nitrogen and oxygen atoms in total. The van der Waals surface area contributed by atoms with Crippen LogP contribution in [0.3, 0.4) is 0 Å². The minimum Gasteiger partial charge on any atom is -0.360 e. The molecule has 1 aliphatic rings. The normalized spacial score (nSPS) is 14.9. The SMILES string of the molecule is C=CC(=O)N1CCN(Cc2cccc(NC(=O)c3cc(C(C)C)on3)c2)CC1. The van der Waals surface area contributed by atoms with Crippen molar-refractivity contribution in [3.63, 3.8) is 0 Å². The molecule has 0 bridgehead atoms. The molecule has 1 aromatic carbocycles. The van der Waals surface area contributed by atoms with E-state index in [-0.39, 0.29) is 23.4 Å². The summed E-state index contributed by atoms with van der Waals surface area (Å²) in [7, 11) is 0. The highest BCUT2D eigenvalue weighted by atomic mass is 16.5. The summed E-state index contributed by atoms with van der Waals surface area (Å²) in [6.45, 7) is 11.3. The highest BCUT2D eigenvalue weighted by molar-refractivity contribution is 6.02. The van der Waals surface area contributed by atoms with Gasteiger partial charge in [0.2, 0.25) is 5.91 Å². The summed E-state index contributed by atoms with van der Waals surface area (Å²) in [5.74, 6) is 0.565. The largest absolute Gasteiger partial charge is 0.360 e. The molecule has 0 aliphatic carbocycles. The van der Waals surface area contributed by atoms with E-state index in [4.69, 9.17) is 4.52 Å². The van der Waals surface area contributed by atoms with Gasteiger partial charge >= 0.3 is 0 Å². The Morgan fingerprint density at radius 2 is 2.00 bits per heavy atom. The summed E-state index contributed by atoms with van der Waals surface area (Å²) >= 11 is 0. The van der Waals surface area contributed by atoms with Crippen LogP contribution in [0.15, 0.2) is 47.5 Å². The number of carbonyl (C=O) groups excluding carboxylic acids is 2. The molecule has 148 valence electrons. The van der Waals surface area contributed by atoms with Gasteiger partial charge in [0.25, 0.3) is 5.91 Å². The van der Waals surface area contributed by atoms with Crippen LogP contribution in [0.5, 0.6) is 0 Å². The number of piperazine rings is 1. The molecule has 2 aromatic rings. The van der Waals surface area contributed by atoms with Crippen molar-refractivity contribution in [1.29, 1.82) is 0 Å². The molecule has 1 saturated heterocycles. The lowest BCUT2D eigenvalue weighted by Gasteiger charge is -2.34. The number of nitrogens with one attached hydrogen (secondary N) is 1. The molecular weight excluding hydrogens is 356 g/mol. The van der Waals surface area contributed by atoms with Gasteiger partial charge in [-0.1, -0.05) is 37.7 Å². The molecule has 0 unspecified atom stereocenters. The summed E-state index contributed by atoms with van der Waals surface area (Å²) in [6, 6.07) is 9.44. The molecule has 0 spiro atoms. The minimum atomic E-state index is -0.288. The molecule has 0 atom stereocenters. The number of anilines is 1. The maximum atomic E-state index is 12.4. The second-order valence-corrected chi connectivity index (χ2v) is 7.23. The molecule has 2 heterocycles. The van der Waals surface area contributed by atoms with Crippen LogP contribution in [0.4, 0.5) is 5.69 Å². The van der Waals surface area contributed by atoms with Gasteiger partial charge in [0.1, 0.15) is 5.76 Å². The topological polar surface area (TPSA) is 78.7 Å². The summed E-state index contributed by atoms with van der Waals surface area (Å²) in [5.41, 5.74) is 2.10. The van der Waals surface area contributed by atoms with E-state index in [0.29, 0.717) is 18.8 Å². The van der Waals surface area contributed by atoms with Crippen molar-refractivity contribution in [1.82, 2.24) is 15.0 Å². The first kappa shape index (κ1) is 19.8. The average Bonchev–Trinajstić information content (AvgIpc) is 3.19. The van der Waals surface area contributed by atoms with Gasteiger partial charge in [0.05, 0.1) is 0 Å². The van der Waals surface area contributed by atoms with E-state index in [1.807, 2.05) is 43.0 Å². The zero-order chi connectivity index (χ0) is 20.1. The fraction of sp³-hybridized carbons (Fsp3) is 0.381. The molecular formula is C21H26N4O3. The van der Waals surface area contributed by atoms with Crippen molar-refractivity contribution in [3.8, 4) is 0 Å². The Bertz CT molecular complexity index is 851. The molecule has 1 aliphatic heterocycles. The third-order valence-electron chi connectivity index (χ3n) is 4.78. The number of benzene rings is 1. The van der Waals surface area contributed by atoms with Crippen LogP contribution >= 0.6 is 0 Å². The quantitative estimate of drug-likeness (QED) is 0.777. The lowest BCUT2D eigenvalue weighted by molar-refractivity contribution is -0.127. The number of hydrogen-bond donors (Lipinski definition) is 1. The second kappa shape index (κ2) is 8.84. The Hall–Kier alpha value is -2.93. The first-order valence-corrected chi connectivity index (χ1v) is 9.47. The average molecular weight is 382 g/mol. The third kappa shape index (κ3) is 4.86. The van der Waals surface area contributed by atoms with E-state index < -0.39 is 0 Å². The number of carbonyl (C=O) groups is 2. The molecule has 1 N–H and O–H groups in total. The maximum Gasteiger partial charge on any atom is 0.277 e. The summed E-state index contributed by atoms with van der Waals surface area (Å²) in [5, 5.41) is 6.72. The van der Waals surface area contributed by atoms with Crippen LogP contribution < -0.4 is 5.32 Å². The zero-order valence-electron chi connectivity index (χ0n) is 16.4. The summed E-state index contributed by atoms with van der Waals surface area (Å²) in [6.07, 6.45) is 1.36. The molecule has 0 radical (unpaired) electrons. The summed E-state index contributed by atoms with van der Waals surface area (Å²) in [4.78, 5) is 28.2. The van der Waals surface area contributed by atoms with Crippen molar-refractivity contribution in [3.05, 3.63) is 60.0 Å². The van der Waals surface area contributed by atoms with Crippen molar-refractivity contribution in [2.24, 2.45) is 0 Å². The highest BCUT2D eigenvalue weighted by Gasteiger charge is 2.19. The van der Waals surface area contributed by atoms with Crippen molar-refractivity contribution >= 4 is 17.5 Å². The summed E-state index contributed by atoms with van der Waals surface area (Å²) < 4.78 is 5.19. The van der Waals surface area contributed by atoms with Gasteiger partial charge < -0.3 is 14.7 Å². The van der Waals surface area contributed by atoms with E-state index in [2.05, 4.69) is 22.0 Å².